The maximum absolute atomic E-state index is 5.47. The Morgan fingerprint density at radius 2 is 2.10 bits per heavy atom. The highest BCUT2D eigenvalue weighted by molar-refractivity contribution is 5.41. The van der Waals surface area contributed by atoms with Gasteiger partial charge in [-0.1, -0.05) is 0 Å². The molecule has 0 unspecified atom stereocenters. The van der Waals surface area contributed by atoms with Crippen LogP contribution >= 0.6 is 0 Å². The Hall–Kier alpha value is -1.24. The average Bonchev–Trinajstić information content (AvgIpc) is 3.02. The molecule has 0 amide bonds. The van der Waals surface area contributed by atoms with Gasteiger partial charge in [0.05, 0.1) is 25.5 Å². The van der Waals surface area contributed by atoms with E-state index in [-0.39, 0.29) is 0 Å². The summed E-state index contributed by atoms with van der Waals surface area (Å²) in [5, 5.41) is 0. The maximum atomic E-state index is 5.47. The molecule has 110 valence electrons. The molecule has 0 N–H and O–H groups in total. The molecular weight excluding hydrogens is 258 g/mol. The summed E-state index contributed by atoms with van der Waals surface area (Å²) in [7, 11) is 1.67. The summed E-state index contributed by atoms with van der Waals surface area (Å²) in [5.41, 5.74) is 1.08. The highest BCUT2D eigenvalue weighted by Crippen LogP contribution is 2.26. The van der Waals surface area contributed by atoms with E-state index in [1.807, 2.05) is 0 Å². The minimum absolute atomic E-state index is 0.383. The van der Waals surface area contributed by atoms with Gasteiger partial charge in [0.25, 0.3) is 0 Å². The van der Waals surface area contributed by atoms with Crippen LogP contribution < -0.4 is 4.90 Å². The fourth-order valence-electron chi connectivity index (χ4n) is 2.63. The Morgan fingerprint density at radius 1 is 1.25 bits per heavy atom. The number of rotatable bonds is 4. The topological polar surface area (TPSA) is 56.7 Å². The molecule has 1 aromatic heterocycles. The van der Waals surface area contributed by atoms with Gasteiger partial charge in [0.1, 0.15) is 12.4 Å². The van der Waals surface area contributed by atoms with E-state index in [0.717, 1.165) is 63.3 Å². The first-order valence-electron chi connectivity index (χ1n) is 7.14. The number of aromatic nitrogens is 2. The Labute approximate surface area is 119 Å². The predicted octanol–water partition coefficient (Wildman–Crippen LogP) is 0.964. The molecule has 3 rings (SSSR count). The van der Waals surface area contributed by atoms with E-state index in [1.54, 1.807) is 7.11 Å². The van der Waals surface area contributed by atoms with Gasteiger partial charge in [-0.2, -0.15) is 0 Å². The zero-order valence-electron chi connectivity index (χ0n) is 11.9. The minimum Gasteiger partial charge on any atom is -0.381 e. The van der Waals surface area contributed by atoms with E-state index < -0.39 is 0 Å². The third kappa shape index (κ3) is 3.08. The van der Waals surface area contributed by atoms with Gasteiger partial charge in [-0.3, -0.25) is 0 Å². The third-order valence-electron chi connectivity index (χ3n) is 3.74. The molecule has 0 saturated carbocycles. The monoisotopic (exact) mass is 279 g/mol. The van der Waals surface area contributed by atoms with Crippen molar-refractivity contribution in [2.75, 3.05) is 51.5 Å². The molecule has 2 fully saturated rings. The standard InChI is InChI=1S/C14H21N3O3/c1-18-10-13-15-12(11-2-5-20-9-11)8-14(16-13)17-3-6-19-7-4-17/h8,11H,2-7,9-10H2,1H3/t11-/m1/s1. The highest BCUT2D eigenvalue weighted by Gasteiger charge is 2.22. The molecule has 0 spiro atoms. The number of hydrogen-bond donors (Lipinski definition) is 0. The normalized spacial score (nSPS) is 23.2. The Balaban J connectivity index is 1.86. The van der Waals surface area contributed by atoms with E-state index in [4.69, 9.17) is 14.2 Å². The summed E-state index contributed by atoms with van der Waals surface area (Å²) >= 11 is 0. The van der Waals surface area contributed by atoms with Crippen molar-refractivity contribution in [3.05, 3.63) is 17.6 Å². The second-order valence-electron chi connectivity index (χ2n) is 5.16. The van der Waals surface area contributed by atoms with Gasteiger partial charge in [-0.25, -0.2) is 9.97 Å². The van der Waals surface area contributed by atoms with Crippen LogP contribution in [0.15, 0.2) is 6.07 Å². The lowest BCUT2D eigenvalue weighted by atomic mass is 10.0. The Kier molecular flexibility index (Phi) is 4.44. The molecule has 3 heterocycles. The average molecular weight is 279 g/mol. The summed E-state index contributed by atoms with van der Waals surface area (Å²) in [6.45, 7) is 5.29. The van der Waals surface area contributed by atoms with Crippen LogP contribution in [0.3, 0.4) is 0 Å². The van der Waals surface area contributed by atoms with Gasteiger partial charge in [0.15, 0.2) is 5.82 Å². The molecule has 0 radical (unpaired) electrons. The molecular formula is C14H21N3O3. The van der Waals surface area contributed by atoms with Crippen molar-refractivity contribution in [2.45, 2.75) is 18.9 Å². The molecule has 6 heteroatoms. The van der Waals surface area contributed by atoms with E-state index >= 15 is 0 Å². The number of nitrogens with zero attached hydrogens (tertiary/aromatic N) is 3. The fourth-order valence-corrected chi connectivity index (χ4v) is 2.63. The lowest BCUT2D eigenvalue weighted by molar-refractivity contribution is 0.122. The first kappa shape index (κ1) is 13.7. The lowest BCUT2D eigenvalue weighted by Gasteiger charge is -2.28. The number of hydrogen-bond acceptors (Lipinski definition) is 6. The minimum atomic E-state index is 0.383. The van der Waals surface area contributed by atoms with Gasteiger partial charge in [0.2, 0.25) is 0 Å². The van der Waals surface area contributed by atoms with E-state index in [0.29, 0.717) is 12.5 Å². The maximum Gasteiger partial charge on any atom is 0.156 e. The molecule has 2 aliphatic rings. The number of anilines is 1. The number of morpholine rings is 1. The second-order valence-corrected chi connectivity index (χ2v) is 5.16. The van der Waals surface area contributed by atoms with Crippen molar-refractivity contribution in [1.29, 1.82) is 0 Å². The molecule has 1 aromatic rings. The first-order chi connectivity index (χ1) is 9.86. The summed E-state index contributed by atoms with van der Waals surface area (Å²) in [6.07, 6.45) is 1.03. The van der Waals surface area contributed by atoms with Crippen LogP contribution in [0, 0.1) is 0 Å². The zero-order valence-corrected chi connectivity index (χ0v) is 11.9. The summed E-state index contributed by atoms with van der Waals surface area (Å²) in [6, 6.07) is 2.10. The molecule has 20 heavy (non-hydrogen) atoms. The van der Waals surface area contributed by atoms with Crippen molar-refractivity contribution < 1.29 is 14.2 Å². The smallest absolute Gasteiger partial charge is 0.156 e. The van der Waals surface area contributed by atoms with E-state index in [2.05, 4.69) is 20.9 Å². The predicted molar refractivity (Wildman–Crippen MR) is 74.0 cm³/mol. The van der Waals surface area contributed by atoms with Gasteiger partial charge in [-0.05, 0) is 6.42 Å². The quantitative estimate of drug-likeness (QED) is 0.818. The van der Waals surface area contributed by atoms with Crippen molar-refractivity contribution in [1.82, 2.24) is 9.97 Å². The van der Waals surface area contributed by atoms with Crippen LogP contribution in [0.4, 0.5) is 5.82 Å². The van der Waals surface area contributed by atoms with E-state index in [9.17, 15) is 0 Å². The molecule has 1 atom stereocenters. The van der Waals surface area contributed by atoms with Gasteiger partial charge >= 0.3 is 0 Å². The van der Waals surface area contributed by atoms with Gasteiger partial charge < -0.3 is 19.1 Å². The fraction of sp³-hybridized carbons (Fsp3) is 0.714. The highest BCUT2D eigenvalue weighted by atomic mass is 16.5. The van der Waals surface area contributed by atoms with Crippen LogP contribution in [-0.4, -0.2) is 56.6 Å². The van der Waals surface area contributed by atoms with Crippen LogP contribution in [-0.2, 0) is 20.8 Å². The summed E-state index contributed by atoms with van der Waals surface area (Å²) in [5.74, 6) is 2.11. The number of methoxy groups -OCH3 is 1. The Morgan fingerprint density at radius 3 is 2.80 bits per heavy atom. The summed E-state index contributed by atoms with van der Waals surface area (Å²) in [4.78, 5) is 11.5. The lowest BCUT2D eigenvalue weighted by Crippen LogP contribution is -2.37. The van der Waals surface area contributed by atoms with Crippen LogP contribution in [0.2, 0.25) is 0 Å². The zero-order chi connectivity index (χ0) is 13.8. The second kappa shape index (κ2) is 6.47. The van der Waals surface area contributed by atoms with E-state index in [1.165, 1.54) is 0 Å². The van der Waals surface area contributed by atoms with Crippen LogP contribution in [0.25, 0.3) is 0 Å². The molecule has 0 aromatic carbocycles. The van der Waals surface area contributed by atoms with Crippen LogP contribution in [0.5, 0.6) is 0 Å². The van der Waals surface area contributed by atoms with Gasteiger partial charge in [-0.15, -0.1) is 0 Å². The molecule has 0 bridgehead atoms. The first-order valence-corrected chi connectivity index (χ1v) is 7.14. The van der Waals surface area contributed by atoms with Crippen molar-refractivity contribution in [3.63, 3.8) is 0 Å². The largest absolute Gasteiger partial charge is 0.381 e. The molecule has 2 saturated heterocycles. The Bertz CT molecular complexity index is 443. The van der Waals surface area contributed by atoms with Gasteiger partial charge in [0, 0.05) is 38.8 Å². The third-order valence-corrected chi connectivity index (χ3v) is 3.74. The van der Waals surface area contributed by atoms with Crippen molar-refractivity contribution in [3.8, 4) is 0 Å². The molecule has 0 aliphatic carbocycles. The number of ether oxygens (including phenoxy) is 3. The van der Waals surface area contributed by atoms with Crippen molar-refractivity contribution in [2.24, 2.45) is 0 Å². The SMILES string of the molecule is COCc1nc([C@@H]2CCOC2)cc(N2CCOCC2)n1. The summed E-state index contributed by atoms with van der Waals surface area (Å²) < 4.78 is 16.1. The van der Waals surface area contributed by atoms with Crippen LogP contribution in [0.1, 0.15) is 23.9 Å². The molecule has 2 aliphatic heterocycles. The molecule has 6 nitrogen and oxygen atoms in total. The van der Waals surface area contributed by atoms with Crippen molar-refractivity contribution >= 4 is 5.82 Å².